The molecule has 3 heterocycles. The number of nitrogens with zero attached hydrogens (tertiary/aromatic N) is 4. The number of ketones is 1. The van der Waals surface area contributed by atoms with Crippen LogP contribution >= 0.6 is 11.3 Å². The SMILES string of the molecule is CN(C)c1ccc(Nc2ccc3c(c2)N(c2nc4c(s2)C(=O)CC(C)(C)C4)CCO3)cn1. The van der Waals surface area contributed by atoms with Crippen LogP contribution in [0.5, 0.6) is 5.75 Å². The molecule has 1 aromatic carbocycles. The number of pyridine rings is 1. The van der Waals surface area contributed by atoms with Gasteiger partial charge in [-0.3, -0.25) is 4.79 Å². The largest absolute Gasteiger partial charge is 0.490 e. The van der Waals surface area contributed by atoms with Gasteiger partial charge in [0.25, 0.3) is 0 Å². The number of carbonyl (C=O) groups excluding carboxylic acids is 1. The summed E-state index contributed by atoms with van der Waals surface area (Å²) in [5.41, 5.74) is 3.71. The molecule has 0 bridgehead atoms. The number of rotatable bonds is 4. The fraction of sp³-hybridized carbons (Fsp3) is 0.375. The van der Waals surface area contributed by atoms with Crippen molar-refractivity contribution in [2.24, 2.45) is 5.41 Å². The average molecular weight is 450 g/mol. The van der Waals surface area contributed by atoms with Gasteiger partial charge in [-0.2, -0.15) is 0 Å². The minimum atomic E-state index is -0.0361. The van der Waals surface area contributed by atoms with Crippen LogP contribution in [-0.2, 0) is 6.42 Å². The molecule has 1 aliphatic heterocycles. The molecule has 0 saturated heterocycles. The van der Waals surface area contributed by atoms with E-state index in [0.29, 0.717) is 19.6 Å². The predicted octanol–water partition coefficient (Wildman–Crippen LogP) is 5.03. The average Bonchev–Trinajstić information content (AvgIpc) is 3.16. The number of aromatic nitrogens is 2. The first-order chi connectivity index (χ1) is 15.3. The molecule has 0 saturated carbocycles. The first-order valence-electron chi connectivity index (χ1n) is 10.8. The van der Waals surface area contributed by atoms with E-state index in [2.05, 4.69) is 35.1 Å². The van der Waals surface area contributed by atoms with E-state index in [-0.39, 0.29) is 11.2 Å². The van der Waals surface area contributed by atoms with Crippen molar-refractivity contribution in [1.82, 2.24) is 9.97 Å². The van der Waals surface area contributed by atoms with Crippen LogP contribution in [-0.4, -0.2) is 43.0 Å². The first-order valence-corrected chi connectivity index (χ1v) is 11.6. The third-order valence-corrected chi connectivity index (χ3v) is 6.93. The number of ether oxygens (including phenoxy) is 1. The molecule has 5 rings (SSSR count). The maximum Gasteiger partial charge on any atom is 0.190 e. The van der Waals surface area contributed by atoms with Gasteiger partial charge in [0.2, 0.25) is 0 Å². The zero-order valence-electron chi connectivity index (χ0n) is 18.8. The standard InChI is InChI=1S/C24H27N5O2S/c1-24(2)12-17-22(19(30)13-24)32-23(27-17)29-9-10-31-20-7-5-15(11-18(20)29)26-16-6-8-21(25-14-16)28(3)4/h5-8,11,14,26H,9-10,12-13H2,1-4H3. The van der Waals surface area contributed by atoms with Crippen LogP contribution in [0.1, 0.15) is 35.6 Å². The fourth-order valence-electron chi connectivity index (χ4n) is 4.21. The molecule has 0 spiro atoms. The van der Waals surface area contributed by atoms with Crippen molar-refractivity contribution < 1.29 is 9.53 Å². The molecule has 0 amide bonds. The summed E-state index contributed by atoms with van der Waals surface area (Å²) in [6.07, 6.45) is 3.24. The van der Waals surface area contributed by atoms with E-state index in [0.717, 1.165) is 50.8 Å². The number of anilines is 5. The summed E-state index contributed by atoms with van der Waals surface area (Å²) >= 11 is 1.50. The van der Waals surface area contributed by atoms with Crippen LogP contribution in [0.2, 0.25) is 0 Å². The molecule has 2 aliphatic rings. The van der Waals surface area contributed by atoms with Crippen molar-refractivity contribution in [1.29, 1.82) is 0 Å². The van der Waals surface area contributed by atoms with Gasteiger partial charge in [0.15, 0.2) is 10.9 Å². The highest BCUT2D eigenvalue weighted by atomic mass is 32.1. The molecule has 0 radical (unpaired) electrons. The highest BCUT2D eigenvalue weighted by molar-refractivity contribution is 7.17. The number of hydrogen-bond acceptors (Lipinski definition) is 8. The van der Waals surface area contributed by atoms with E-state index < -0.39 is 0 Å². The highest BCUT2D eigenvalue weighted by Gasteiger charge is 2.35. The van der Waals surface area contributed by atoms with Crippen LogP contribution in [0.3, 0.4) is 0 Å². The van der Waals surface area contributed by atoms with Crippen molar-refractivity contribution in [3.05, 3.63) is 47.1 Å². The third kappa shape index (κ3) is 3.90. The Morgan fingerprint density at radius 1 is 1.16 bits per heavy atom. The molecular formula is C24H27N5O2S. The van der Waals surface area contributed by atoms with Gasteiger partial charge in [-0.15, -0.1) is 0 Å². The van der Waals surface area contributed by atoms with E-state index in [9.17, 15) is 4.79 Å². The van der Waals surface area contributed by atoms with Crippen molar-refractivity contribution >= 4 is 45.1 Å². The van der Waals surface area contributed by atoms with Crippen molar-refractivity contribution in [3.8, 4) is 5.75 Å². The van der Waals surface area contributed by atoms with E-state index in [1.807, 2.05) is 49.5 Å². The van der Waals surface area contributed by atoms with Crippen LogP contribution in [0.4, 0.5) is 28.0 Å². The lowest BCUT2D eigenvalue weighted by molar-refractivity contribution is 0.0916. The second kappa shape index (κ2) is 7.78. The normalized spacial score (nSPS) is 16.8. The molecule has 0 fully saturated rings. The lowest BCUT2D eigenvalue weighted by Crippen LogP contribution is -2.28. The minimum absolute atomic E-state index is 0.0361. The Morgan fingerprint density at radius 2 is 1.97 bits per heavy atom. The van der Waals surface area contributed by atoms with Crippen LogP contribution in [0.25, 0.3) is 0 Å². The lowest BCUT2D eigenvalue weighted by atomic mass is 9.78. The van der Waals surface area contributed by atoms with E-state index in [1.54, 1.807) is 0 Å². The van der Waals surface area contributed by atoms with E-state index in [1.165, 1.54) is 11.3 Å². The molecule has 1 N–H and O–H groups in total. The zero-order chi connectivity index (χ0) is 22.5. The van der Waals surface area contributed by atoms with Gasteiger partial charge in [0, 0.05) is 26.2 Å². The molecule has 2 aromatic heterocycles. The zero-order valence-corrected chi connectivity index (χ0v) is 19.6. The highest BCUT2D eigenvalue weighted by Crippen LogP contribution is 2.44. The van der Waals surface area contributed by atoms with Crippen molar-refractivity contribution in [2.75, 3.05) is 42.4 Å². The summed E-state index contributed by atoms with van der Waals surface area (Å²) in [6.45, 7) is 5.54. The molecular weight excluding hydrogens is 422 g/mol. The molecule has 32 heavy (non-hydrogen) atoms. The second-order valence-electron chi connectivity index (χ2n) is 9.32. The first kappa shape index (κ1) is 20.8. The van der Waals surface area contributed by atoms with E-state index in [4.69, 9.17) is 9.72 Å². The topological polar surface area (TPSA) is 70.6 Å². The molecule has 0 unspecified atom stereocenters. The summed E-state index contributed by atoms with van der Waals surface area (Å²) in [7, 11) is 3.94. The van der Waals surface area contributed by atoms with Gasteiger partial charge in [0.1, 0.15) is 18.2 Å². The Balaban J connectivity index is 1.44. The van der Waals surface area contributed by atoms with Crippen molar-refractivity contribution in [3.63, 3.8) is 0 Å². The Morgan fingerprint density at radius 3 is 2.72 bits per heavy atom. The Labute approximate surface area is 192 Å². The van der Waals surface area contributed by atoms with Crippen LogP contribution in [0, 0.1) is 5.41 Å². The monoisotopic (exact) mass is 449 g/mol. The van der Waals surface area contributed by atoms with Gasteiger partial charge in [0.05, 0.1) is 34.7 Å². The quantitative estimate of drug-likeness (QED) is 0.599. The van der Waals surface area contributed by atoms with Gasteiger partial charge in [-0.05, 0) is 42.2 Å². The third-order valence-electron chi connectivity index (χ3n) is 5.77. The number of Topliss-reactive ketones (excluding diaryl/α,β-unsaturated/α-hetero) is 1. The lowest BCUT2D eigenvalue weighted by Gasteiger charge is -2.29. The number of thiazole rings is 1. The van der Waals surface area contributed by atoms with E-state index >= 15 is 0 Å². The number of fused-ring (bicyclic) bond motifs is 2. The maximum absolute atomic E-state index is 12.7. The summed E-state index contributed by atoms with van der Waals surface area (Å²) in [6, 6.07) is 10.0. The smallest absolute Gasteiger partial charge is 0.190 e. The Kier molecular flexibility index (Phi) is 5.04. The molecule has 8 heteroatoms. The summed E-state index contributed by atoms with van der Waals surface area (Å²) in [5, 5.41) is 4.29. The van der Waals surface area contributed by atoms with Gasteiger partial charge >= 0.3 is 0 Å². The summed E-state index contributed by atoms with van der Waals surface area (Å²) < 4.78 is 5.90. The number of benzene rings is 1. The molecule has 166 valence electrons. The van der Waals surface area contributed by atoms with Gasteiger partial charge in [-0.25, -0.2) is 9.97 Å². The van der Waals surface area contributed by atoms with Crippen LogP contribution < -0.4 is 19.9 Å². The number of carbonyl (C=O) groups is 1. The predicted molar refractivity (Wildman–Crippen MR) is 129 cm³/mol. The summed E-state index contributed by atoms with van der Waals surface area (Å²) in [4.78, 5) is 27.0. The second-order valence-corrected chi connectivity index (χ2v) is 10.3. The molecule has 3 aromatic rings. The van der Waals surface area contributed by atoms with Crippen LogP contribution in [0.15, 0.2) is 36.5 Å². The maximum atomic E-state index is 12.7. The fourth-order valence-corrected chi connectivity index (χ4v) is 5.27. The molecule has 7 nitrogen and oxygen atoms in total. The number of hydrogen-bond donors (Lipinski definition) is 1. The minimum Gasteiger partial charge on any atom is -0.490 e. The molecule has 0 atom stereocenters. The summed E-state index contributed by atoms with van der Waals surface area (Å²) in [5.74, 6) is 1.94. The number of nitrogens with one attached hydrogen (secondary N) is 1. The van der Waals surface area contributed by atoms with Gasteiger partial charge in [-0.1, -0.05) is 25.2 Å². The van der Waals surface area contributed by atoms with Crippen molar-refractivity contribution in [2.45, 2.75) is 26.7 Å². The van der Waals surface area contributed by atoms with Gasteiger partial charge < -0.3 is 19.9 Å². The Bertz CT molecular complexity index is 1170. The molecule has 1 aliphatic carbocycles. The Hall–Kier alpha value is -3.13.